The van der Waals surface area contributed by atoms with Gasteiger partial charge in [-0.25, -0.2) is 0 Å². The molecule has 3 atom stereocenters. The van der Waals surface area contributed by atoms with Gasteiger partial charge in [-0.15, -0.1) is 6.58 Å². The Labute approximate surface area is 83.3 Å². The molecule has 4 heteroatoms. The van der Waals surface area contributed by atoms with Gasteiger partial charge in [0.15, 0.2) is 0 Å². The fourth-order valence-corrected chi connectivity index (χ4v) is 1.65. The minimum Gasteiger partial charge on any atom is -0.462 e. The van der Waals surface area contributed by atoms with Crippen LogP contribution in [0.25, 0.3) is 0 Å². The second kappa shape index (κ2) is 4.26. The predicted octanol–water partition coefficient (Wildman–Crippen LogP) is 0.486. The predicted molar refractivity (Wildman–Crippen MR) is 51.4 cm³/mol. The van der Waals surface area contributed by atoms with Crippen LogP contribution >= 0.6 is 0 Å². The molecule has 1 amide bonds. The van der Waals surface area contributed by atoms with E-state index in [2.05, 4.69) is 11.9 Å². The number of carbonyl (C=O) groups is 2. The first-order chi connectivity index (χ1) is 6.57. The minimum absolute atomic E-state index is 0.143. The first-order valence-electron chi connectivity index (χ1n) is 4.67. The fourth-order valence-electron chi connectivity index (χ4n) is 1.65. The highest BCUT2D eigenvalue weighted by molar-refractivity contribution is 5.88. The van der Waals surface area contributed by atoms with E-state index in [-0.39, 0.29) is 29.8 Å². The van der Waals surface area contributed by atoms with Crippen molar-refractivity contribution in [2.45, 2.75) is 20.0 Å². The van der Waals surface area contributed by atoms with Gasteiger partial charge >= 0.3 is 5.97 Å². The third-order valence-corrected chi connectivity index (χ3v) is 2.44. The smallest absolute Gasteiger partial charge is 0.309 e. The minimum atomic E-state index is -0.373. The van der Waals surface area contributed by atoms with Gasteiger partial charge in [0.25, 0.3) is 0 Å². The van der Waals surface area contributed by atoms with E-state index < -0.39 is 0 Å². The molecule has 0 spiro atoms. The molecule has 0 aromatic heterocycles. The lowest BCUT2D eigenvalue weighted by atomic mass is 9.92. The van der Waals surface area contributed by atoms with E-state index in [0.717, 1.165) is 0 Å². The third-order valence-electron chi connectivity index (χ3n) is 2.44. The van der Waals surface area contributed by atoms with Crippen LogP contribution in [0, 0.1) is 11.8 Å². The zero-order chi connectivity index (χ0) is 10.7. The summed E-state index contributed by atoms with van der Waals surface area (Å²) in [5.74, 6) is -1.16. The molecule has 1 aliphatic heterocycles. The number of esters is 1. The Morgan fingerprint density at radius 3 is 2.71 bits per heavy atom. The van der Waals surface area contributed by atoms with Crippen LogP contribution in [0.5, 0.6) is 0 Å². The summed E-state index contributed by atoms with van der Waals surface area (Å²) in [6.07, 6.45) is 1.27. The molecule has 1 aliphatic rings. The van der Waals surface area contributed by atoms with Gasteiger partial charge < -0.3 is 10.1 Å². The van der Waals surface area contributed by atoms with E-state index in [0.29, 0.717) is 6.54 Å². The van der Waals surface area contributed by atoms with E-state index in [1.54, 1.807) is 19.9 Å². The van der Waals surface area contributed by atoms with Gasteiger partial charge in [0.2, 0.25) is 5.91 Å². The Hall–Kier alpha value is -1.32. The SMILES string of the molecule is C=CCNC(=O)[C@@H]1C(C)C(=O)O[C@H]1C. The van der Waals surface area contributed by atoms with Crippen molar-refractivity contribution in [3.8, 4) is 0 Å². The number of amides is 1. The first-order valence-corrected chi connectivity index (χ1v) is 4.67. The summed E-state index contributed by atoms with van der Waals surface area (Å²) in [5.41, 5.74) is 0. The zero-order valence-corrected chi connectivity index (χ0v) is 8.45. The lowest BCUT2D eigenvalue weighted by molar-refractivity contribution is -0.143. The fraction of sp³-hybridized carbons (Fsp3) is 0.600. The van der Waals surface area contributed by atoms with Crippen molar-refractivity contribution in [2.75, 3.05) is 6.54 Å². The lowest BCUT2D eigenvalue weighted by Crippen LogP contribution is -2.37. The Bertz CT molecular complexity index is 262. The Morgan fingerprint density at radius 1 is 1.64 bits per heavy atom. The first kappa shape index (κ1) is 10.8. The van der Waals surface area contributed by atoms with E-state index >= 15 is 0 Å². The topological polar surface area (TPSA) is 55.4 Å². The van der Waals surface area contributed by atoms with Gasteiger partial charge in [-0.05, 0) is 6.92 Å². The van der Waals surface area contributed by atoms with Crippen molar-refractivity contribution < 1.29 is 14.3 Å². The summed E-state index contributed by atoms with van der Waals surface area (Å²) in [7, 11) is 0. The van der Waals surface area contributed by atoms with Crippen LogP contribution in [0.1, 0.15) is 13.8 Å². The molecule has 0 aromatic carbocycles. The molecule has 1 unspecified atom stereocenters. The summed E-state index contributed by atoms with van der Waals surface area (Å²) in [4.78, 5) is 22.7. The number of carbonyl (C=O) groups excluding carboxylic acids is 2. The van der Waals surface area contributed by atoms with Crippen LogP contribution < -0.4 is 5.32 Å². The average Bonchev–Trinajstić information content (AvgIpc) is 2.38. The highest BCUT2D eigenvalue weighted by atomic mass is 16.6. The maximum atomic E-state index is 11.6. The maximum Gasteiger partial charge on any atom is 0.309 e. The Morgan fingerprint density at radius 2 is 2.29 bits per heavy atom. The van der Waals surface area contributed by atoms with Gasteiger partial charge in [0.05, 0.1) is 11.8 Å². The van der Waals surface area contributed by atoms with Crippen LogP contribution in [-0.2, 0) is 14.3 Å². The molecular formula is C10H15NO3. The van der Waals surface area contributed by atoms with Crippen LogP contribution in [0.2, 0.25) is 0 Å². The number of ether oxygens (including phenoxy) is 1. The molecule has 0 saturated carbocycles. The summed E-state index contributed by atoms with van der Waals surface area (Å²) >= 11 is 0. The number of cyclic esters (lactones) is 1. The number of rotatable bonds is 3. The molecular weight excluding hydrogens is 182 g/mol. The van der Waals surface area contributed by atoms with Crippen molar-refractivity contribution in [3.63, 3.8) is 0 Å². The molecule has 4 nitrogen and oxygen atoms in total. The second-order valence-electron chi connectivity index (χ2n) is 3.49. The van der Waals surface area contributed by atoms with E-state index in [1.165, 1.54) is 0 Å². The highest BCUT2D eigenvalue weighted by Gasteiger charge is 2.43. The molecule has 14 heavy (non-hydrogen) atoms. The van der Waals surface area contributed by atoms with E-state index in [1.807, 2.05) is 0 Å². The van der Waals surface area contributed by atoms with Crippen LogP contribution in [0.15, 0.2) is 12.7 Å². The summed E-state index contributed by atoms with van der Waals surface area (Å²) < 4.78 is 4.96. The maximum absolute atomic E-state index is 11.6. The van der Waals surface area contributed by atoms with Crippen molar-refractivity contribution in [2.24, 2.45) is 11.8 Å². The summed E-state index contributed by atoms with van der Waals surface area (Å²) in [5, 5.41) is 2.67. The summed E-state index contributed by atoms with van der Waals surface area (Å²) in [6.45, 7) is 7.37. The van der Waals surface area contributed by atoms with Gasteiger partial charge in [-0.2, -0.15) is 0 Å². The van der Waals surface area contributed by atoms with Crippen molar-refractivity contribution in [3.05, 3.63) is 12.7 Å². The molecule has 1 heterocycles. The molecule has 1 fully saturated rings. The monoisotopic (exact) mass is 197 g/mol. The molecule has 1 N–H and O–H groups in total. The van der Waals surface area contributed by atoms with Crippen LogP contribution in [-0.4, -0.2) is 24.5 Å². The molecule has 1 rings (SSSR count). The van der Waals surface area contributed by atoms with E-state index in [4.69, 9.17) is 4.74 Å². The largest absolute Gasteiger partial charge is 0.462 e. The standard InChI is InChI=1S/C10H15NO3/c1-4-5-11-9(12)8-6(2)10(13)14-7(8)3/h4,6-8H,1,5H2,2-3H3,(H,11,12)/t6?,7-,8+/m0/s1. The summed E-state index contributed by atoms with van der Waals surface area (Å²) in [6, 6.07) is 0. The van der Waals surface area contributed by atoms with Gasteiger partial charge in [0.1, 0.15) is 6.10 Å². The van der Waals surface area contributed by atoms with Gasteiger partial charge in [0, 0.05) is 6.54 Å². The normalized spacial score (nSPS) is 31.0. The van der Waals surface area contributed by atoms with E-state index in [9.17, 15) is 9.59 Å². The quantitative estimate of drug-likeness (QED) is 0.529. The highest BCUT2D eigenvalue weighted by Crippen LogP contribution is 2.27. The third kappa shape index (κ3) is 1.95. The van der Waals surface area contributed by atoms with Crippen LogP contribution in [0.3, 0.4) is 0 Å². The molecule has 78 valence electrons. The molecule has 0 aliphatic carbocycles. The number of nitrogens with one attached hydrogen (secondary N) is 1. The number of hydrogen-bond acceptors (Lipinski definition) is 3. The molecule has 0 bridgehead atoms. The van der Waals surface area contributed by atoms with Gasteiger partial charge in [-0.3, -0.25) is 9.59 Å². The second-order valence-corrected chi connectivity index (χ2v) is 3.49. The molecule has 0 aromatic rings. The Balaban J connectivity index is 2.62. The van der Waals surface area contributed by atoms with Crippen molar-refractivity contribution in [1.29, 1.82) is 0 Å². The Kier molecular flexibility index (Phi) is 3.28. The average molecular weight is 197 g/mol. The van der Waals surface area contributed by atoms with Crippen LogP contribution in [0.4, 0.5) is 0 Å². The number of hydrogen-bond donors (Lipinski definition) is 1. The van der Waals surface area contributed by atoms with Crippen molar-refractivity contribution in [1.82, 2.24) is 5.32 Å². The zero-order valence-electron chi connectivity index (χ0n) is 8.45. The lowest BCUT2D eigenvalue weighted by Gasteiger charge is -2.14. The molecule has 1 saturated heterocycles. The van der Waals surface area contributed by atoms with Gasteiger partial charge in [-0.1, -0.05) is 13.0 Å². The molecule has 0 radical (unpaired) electrons. The van der Waals surface area contributed by atoms with Crippen molar-refractivity contribution >= 4 is 11.9 Å².